The average Bonchev–Trinajstić information content (AvgIpc) is 2.91. The zero-order chi connectivity index (χ0) is 25.0. The molecular formula is C29H35NO5. The van der Waals surface area contributed by atoms with Gasteiger partial charge >= 0.3 is 5.97 Å². The molecule has 0 heterocycles. The molecule has 186 valence electrons. The molecule has 0 bridgehead atoms. The topological polar surface area (TPSA) is 57.2 Å². The Morgan fingerprint density at radius 3 is 1.71 bits per heavy atom. The van der Waals surface area contributed by atoms with E-state index in [1.54, 1.807) is 14.2 Å². The number of benzene rings is 3. The fraction of sp³-hybridized carbons (Fsp3) is 0.345. The number of hydrogen-bond acceptors (Lipinski definition) is 6. The number of ether oxygens (including phenoxy) is 4. The molecule has 0 unspecified atom stereocenters. The van der Waals surface area contributed by atoms with E-state index in [1.165, 1.54) is 7.11 Å². The largest absolute Gasteiger partial charge is 0.497 e. The molecule has 3 aromatic rings. The predicted molar refractivity (Wildman–Crippen MR) is 136 cm³/mol. The van der Waals surface area contributed by atoms with Crippen molar-refractivity contribution in [2.24, 2.45) is 5.92 Å². The quantitative estimate of drug-likeness (QED) is 0.319. The summed E-state index contributed by atoms with van der Waals surface area (Å²) in [7, 11) is 4.74. The highest BCUT2D eigenvalue weighted by atomic mass is 16.5. The highest BCUT2D eigenvalue weighted by Gasteiger charge is 2.31. The molecule has 3 aromatic carbocycles. The van der Waals surface area contributed by atoms with Gasteiger partial charge in [-0.1, -0.05) is 61.5 Å². The number of methoxy groups -OCH3 is 3. The van der Waals surface area contributed by atoms with Gasteiger partial charge in [0.15, 0.2) is 0 Å². The van der Waals surface area contributed by atoms with Crippen LogP contribution in [0.5, 0.6) is 11.5 Å². The van der Waals surface area contributed by atoms with Gasteiger partial charge in [0.2, 0.25) is 0 Å². The summed E-state index contributed by atoms with van der Waals surface area (Å²) in [5.74, 6) is 0.974. The van der Waals surface area contributed by atoms with Gasteiger partial charge in [-0.15, -0.1) is 0 Å². The predicted octanol–water partition coefficient (Wildman–Crippen LogP) is 5.10. The van der Waals surface area contributed by atoms with Gasteiger partial charge in [-0.3, -0.25) is 9.69 Å². The van der Waals surface area contributed by atoms with E-state index in [1.807, 2.05) is 85.8 Å². The molecule has 35 heavy (non-hydrogen) atoms. The highest BCUT2D eigenvalue weighted by Crippen LogP contribution is 2.23. The normalized spacial score (nSPS) is 12.7. The number of nitrogens with zero attached hydrogens (tertiary/aromatic N) is 1. The van der Waals surface area contributed by atoms with E-state index in [9.17, 15) is 4.79 Å². The van der Waals surface area contributed by atoms with Crippen molar-refractivity contribution in [1.82, 2.24) is 4.90 Å². The zero-order valence-electron chi connectivity index (χ0n) is 21.0. The van der Waals surface area contributed by atoms with Gasteiger partial charge in [-0.05, 0) is 41.0 Å². The number of esters is 1. The van der Waals surface area contributed by atoms with Crippen molar-refractivity contribution in [2.75, 3.05) is 27.9 Å². The standard InChI is InChI=1S/C29H35NO5/c1-22(29(31)34-4)28(21-35-20-25-8-6-5-7-9-25)30(18-23-10-14-26(32-2)15-11-23)19-24-12-16-27(33-3)17-13-24/h5-17,22,28H,18-21H2,1-4H3/t22-,28-/m0/s1. The van der Waals surface area contributed by atoms with E-state index in [2.05, 4.69) is 4.90 Å². The summed E-state index contributed by atoms with van der Waals surface area (Å²) in [4.78, 5) is 14.9. The molecular weight excluding hydrogens is 442 g/mol. The second-order valence-corrected chi connectivity index (χ2v) is 8.48. The zero-order valence-corrected chi connectivity index (χ0v) is 21.0. The van der Waals surface area contributed by atoms with Crippen LogP contribution >= 0.6 is 0 Å². The highest BCUT2D eigenvalue weighted by molar-refractivity contribution is 5.72. The lowest BCUT2D eigenvalue weighted by atomic mass is 9.99. The van der Waals surface area contributed by atoms with Crippen LogP contribution in [0.3, 0.4) is 0 Å². The third kappa shape index (κ3) is 7.84. The number of carbonyl (C=O) groups is 1. The third-order valence-electron chi connectivity index (χ3n) is 6.11. The lowest BCUT2D eigenvalue weighted by Gasteiger charge is -2.35. The Kier molecular flexibility index (Phi) is 10.1. The minimum absolute atomic E-state index is 0.199. The molecule has 2 atom stereocenters. The summed E-state index contributed by atoms with van der Waals surface area (Å²) in [6, 6.07) is 25.8. The van der Waals surface area contributed by atoms with Gasteiger partial charge in [0, 0.05) is 19.1 Å². The first kappa shape index (κ1) is 26.3. The van der Waals surface area contributed by atoms with Crippen LogP contribution in [0.4, 0.5) is 0 Å². The monoisotopic (exact) mass is 477 g/mol. The number of carbonyl (C=O) groups excluding carboxylic acids is 1. The summed E-state index contributed by atoms with van der Waals surface area (Å²) in [5, 5.41) is 0. The van der Waals surface area contributed by atoms with Crippen molar-refractivity contribution < 1.29 is 23.7 Å². The fourth-order valence-electron chi connectivity index (χ4n) is 4.00. The number of hydrogen-bond donors (Lipinski definition) is 0. The van der Waals surface area contributed by atoms with Gasteiger partial charge < -0.3 is 18.9 Å². The maximum Gasteiger partial charge on any atom is 0.310 e. The summed E-state index contributed by atoms with van der Waals surface area (Å²) in [5.41, 5.74) is 3.32. The molecule has 6 nitrogen and oxygen atoms in total. The molecule has 0 aliphatic rings. The first-order chi connectivity index (χ1) is 17.0. The Morgan fingerprint density at radius 2 is 1.26 bits per heavy atom. The summed E-state index contributed by atoms with van der Waals surface area (Å²) in [6.45, 7) is 4.03. The number of rotatable bonds is 13. The molecule has 3 rings (SSSR count). The Labute approximate surface area is 208 Å². The molecule has 0 aliphatic heterocycles. The second kappa shape index (κ2) is 13.5. The summed E-state index contributed by atoms with van der Waals surface area (Å²) < 4.78 is 21.9. The molecule has 0 spiro atoms. The third-order valence-corrected chi connectivity index (χ3v) is 6.11. The molecule has 0 saturated heterocycles. The van der Waals surface area contributed by atoms with E-state index in [4.69, 9.17) is 18.9 Å². The van der Waals surface area contributed by atoms with E-state index in [-0.39, 0.29) is 17.9 Å². The van der Waals surface area contributed by atoms with Crippen LogP contribution in [-0.2, 0) is 34.0 Å². The molecule has 0 aliphatic carbocycles. The Morgan fingerprint density at radius 1 is 0.743 bits per heavy atom. The van der Waals surface area contributed by atoms with E-state index in [0.717, 1.165) is 28.2 Å². The molecule has 6 heteroatoms. The molecule has 0 radical (unpaired) electrons. The Hall–Kier alpha value is -3.35. The smallest absolute Gasteiger partial charge is 0.310 e. The van der Waals surface area contributed by atoms with Crippen LogP contribution in [0.2, 0.25) is 0 Å². The van der Waals surface area contributed by atoms with E-state index >= 15 is 0 Å². The van der Waals surface area contributed by atoms with Gasteiger partial charge in [-0.25, -0.2) is 0 Å². The lowest BCUT2D eigenvalue weighted by Crippen LogP contribution is -2.45. The van der Waals surface area contributed by atoms with Crippen molar-refractivity contribution in [2.45, 2.75) is 32.7 Å². The molecule has 0 amide bonds. The Balaban J connectivity index is 1.85. The van der Waals surface area contributed by atoms with Crippen molar-refractivity contribution in [3.63, 3.8) is 0 Å². The van der Waals surface area contributed by atoms with Gasteiger partial charge in [0.25, 0.3) is 0 Å². The van der Waals surface area contributed by atoms with Crippen molar-refractivity contribution in [1.29, 1.82) is 0 Å². The van der Waals surface area contributed by atoms with Crippen LogP contribution < -0.4 is 9.47 Å². The van der Waals surface area contributed by atoms with Crippen molar-refractivity contribution in [3.8, 4) is 11.5 Å². The van der Waals surface area contributed by atoms with Gasteiger partial charge in [0.05, 0.1) is 40.5 Å². The van der Waals surface area contributed by atoms with Crippen molar-refractivity contribution in [3.05, 3.63) is 95.6 Å². The van der Waals surface area contributed by atoms with Crippen LogP contribution in [-0.4, -0.2) is 44.8 Å². The second-order valence-electron chi connectivity index (χ2n) is 8.48. The molecule has 0 N–H and O–H groups in total. The van der Waals surface area contributed by atoms with Crippen LogP contribution in [0, 0.1) is 5.92 Å². The van der Waals surface area contributed by atoms with E-state index < -0.39 is 0 Å². The SMILES string of the molecule is COC(=O)[C@@H](C)[C@H](COCc1ccccc1)N(Cc1ccc(OC)cc1)Cc1ccc(OC)cc1. The van der Waals surface area contributed by atoms with Crippen molar-refractivity contribution >= 4 is 5.97 Å². The van der Waals surface area contributed by atoms with Crippen LogP contribution in [0.15, 0.2) is 78.9 Å². The van der Waals surface area contributed by atoms with Crippen LogP contribution in [0.25, 0.3) is 0 Å². The molecule has 0 fully saturated rings. The maximum absolute atomic E-state index is 12.6. The first-order valence-electron chi connectivity index (χ1n) is 11.7. The summed E-state index contributed by atoms with van der Waals surface area (Å²) in [6.07, 6.45) is 0. The van der Waals surface area contributed by atoms with Gasteiger partial charge in [-0.2, -0.15) is 0 Å². The molecule has 0 saturated carbocycles. The fourth-order valence-corrected chi connectivity index (χ4v) is 4.00. The Bertz CT molecular complexity index is 972. The van der Waals surface area contributed by atoms with Crippen LogP contribution in [0.1, 0.15) is 23.6 Å². The first-order valence-corrected chi connectivity index (χ1v) is 11.7. The minimum atomic E-state index is -0.382. The summed E-state index contributed by atoms with van der Waals surface area (Å²) >= 11 is 0. The lowest BCUT2D eigenvalue weighted by molar-refractivity contribution is -0.148. The van der Waals surface area contributed by atoms with Gasteiger partial charge in [0.1, 0.15) is 11.5 Å². The average molecular weight is 478 g/mol. The maximum atomic E-state index is 12.6. The minimum Gasteiger partial charge on any atom is -0.497 e. The van der Waals surface area contributed by atoms with E-state index in [0.29, 0.717) is 26.3 Å². The molecule has 0 aromatic heterocycles.